The quantitative estimate of drug-likeness (QED) is 0.853. The molecule has 4 nitrogen and oxygen atoms in total. The molecule has 0 unspecified atom stereocenters. The van der Waals surface area contributed by atoms with Gasteiger partial charge < -0.3 is 10.2 Å². The minimum atomic E-state index is -0.0464. The van der Waals surface area contributed by atoms with Crippen LogP contribution in [0, 0.1) is 6.92 Å². The molecule has 0 bridgehead atoms. The van der Waals surface area contributed by atoms with Crippen LogP contribution in [0.5, 0.6) is 0 Å². The molecule has 0 saturated carbocycles. The zero-order valence-corrected chi connectivity index (χ0v) is 14.2. The Morgan fingerprint density at radius 3 is 2.64 bits per heavy atom. The highest BCUT2D eigenvalue weighted by molar-refractivity contribution is 7.13. The minimum Gasteiger partial charge on any atom is -0.351 e. The topological polar surface area (TPSA) is 45.2 Å². The van der Waals surface area contributed by atoms with E-state index < -0.39 is 0 Å². The molecule has 0 aliphatic rings. The summed E-state index contributed by atoms with van der Waals surface area (Å²) in [6.45, 7) is 9.68. The van der Waals surface area contributed by atoms with Gasteiger partial charge in [0.25, 0.3) is 5.91 Å². The van der Waals surface area contributed by atoms with Crippen molar-refractivity contribution in [1.29, 1.82) is 0 Å². The summed E-state index contributed by atoms with van der Waals surface area (Å²) in [5.74, 6) is -0.0464. The summed E-state index contributed by atoms with van der Waals surface area (Å²) in [6, 6.07) is 7.82. The number of nitrogens with one attached hydrogen (secondary N) is 1. The fourth-order valence-corrected chi connectivity index (χ4v) is 3.02. The third kappa shape index (κ3) is 4.15. The fourth-order valence-electron chi connectivity index (χ4n) is 2.33. The van der Waals surface area contributed by atoms with Gasteiger partial charge in [0.1, 0.15) is 0 Å². The smallest absolute Gasteiger partial charge is 0.253 e. The van der Waals surface area contributed by atoms with E-state index >= 15 is 0 Å². The Morgan fingerprint density at radius 2 is 2.05 bits per heavy atom. The first kappa shape index (κ1) is 16.6. The maximum absolute atomic E-state index is 12.3. The summed E-state index contributed by atoms with van der Waals surface area (Å²) in [5.41, 5.74) is 2.35. The normalized spacial score (nSPS) is 10.9. The third-order valence-electron chi connectivity index (χ3n) is 3.71. The van der Waals surface area contributed by atoms with Crippen molar-refractivity contribution in [3.8, 4) is 10.6 Å². The highest BCUT2D eigenvalue weighted by Gasteiger charge is 2.11. The summed E-state index contributed by atoms with van der Waals surface area (Å²) in [7, 11) is 0. The second-order valence-corrected chi connectivity index (χ2v) is 6.04. The Balaban J connectivity index is 1.98. The molecule has 1 amide bonds. The molecule has 2 rings (SSSR count). The van der Waals surface area contributed by atoms with Gasteiger partial charge in [-0.2, -0.15) is 0 Å². The molecule has 2 heterocycles. The van der Waals surface area contributed by atoms with E-state index in [1.54, 1.807) is 11.3 Å². The van der Waals surface area contributed by atoms with E-state index in [1.165, 1.54) is 0 Å². The van der Waals surface area contributed by atoms with Crippen molar-refractivity contribution in [1.82, 2.24) is 15.2 Å². The standard InChI is InChI=1S/C17H23N3OS/c1-4-20(5-2)11-10-18-17(21)14-8-9-15(19-13(14)3)16-7-6-12-22-16/h6-9,12H,4-5,10-11H2,1-3H3,(H,18,21). The van der Waals surface area contributed by atoms with Crippen LogP contribution in [0.4, 0.5) is 0 Å². The molecule has 1 N–H and O–H groups in total. The molecule has 0 spiro atoms. The van der Waals surface area contributed by atoms with Gasteiger partial charge >= 0.3 is 0 Å². The molecule has 2 aromatic rings. The number of nitrogens with zero attached hydrogens (tertiary/aromatic N) is 2. The molecule has 0 radical (unpaired) electrons. The third-order valence-corrected chi connectivity index (χ3v) is 4.60. The monoisotopic (exact) mass is 317 g/mol. The zero-order chi connectivity index (χ0) is 15.9. The van der Waals surface area contributed by atoms with E-state index in [0.717, 1.165) is 35.9 Å². The van der Waals surface area contributed by atoms with Gasteiger partial charge in [0.05, 0.1) is 21.8 Å². The number of carbonyl (C=O) groups excluding carboxylic acids is 1. The molecule has 0 aliphatic heterocycles. The Kier molecular flexibility index (Phi) is 6.10. The first-order chi connectivity index (χ1) is 10.7. The van der Waals surface area contributed by atoms with E-state index in [9.17, 15) is 4.79 Å². The highest BCUT2D eigenvalue weighted by atomic mass is 32.1. The zero-order valence-electron chi connectivity index (χ0n) is 13.4. The largest absolute Gasteiger partial charge is 0.351 e. The number of pyridine rings is 1. The minimum absolute atomic E-state index is 0.0464. The average molecular weight is 317 g/mol. The predicted molar refractivity (Wildman–Crippen MR) is 92.4 cm³/mol. The van der Waals surface area contributed by atoms with Gasteiger partial charge in [0.2, 0.25) is 0 Å². The Bertz CT molecular complexity index is 606. The molecule has 0 aromatic carbocycles. The molecule has 22 heavy (non-hydrogen) atoms. The van der Waals surface area contributed by atoms with Crippen LogP contribution in [0.1, 0.15) is 29.9 Å². The van der Waals surface area contributed by atoms with E-state index in [4.69, 9.17) is 0 Å². The Morgan fingerprint density at radius 1 is 1.27 bits per heavy atom. The number of aryl methyl sites for hydroxylation is 1. The van der Waals surface area contributed by atoms with E-state index in [-0.39, 0.29) is 5.91 Å². The van der Waals surface area contributed by atoms with Crippen LogP contribution in [0.15, 0.2) is 29.6 Å². The molecule has 0 aliphatic carbocycles. The molecule has 5 heteroatoms. The van der Waals surface area contributed by atoms with Gasteiger partial charge in [0.15, 0.2) is 0 Å². The van der Waals surface area contributed by atoms with Crippen molar-refractivity contribution >= 4 is 17.2 Å². The molecular weight excluding hydrogens is 294 g/mol. The highest BCUT2D eigenvalue weighted by Crippen LogP contribution is 2.23. The number of rotatable bonds is 7. The second kappa shape index (κ2) is 8.06. The van der Waals surface area contributed by atoms with E-state index in [2.05, 4.69) is 29.0 Å². The molecular formula is C17H23N3OS. The lowest BCUT2D eigenvalue weighted by atomic mass is 10.1. The van der Waals surface area contributed by atoms with Crippen LogP contribution in [-0.4, -0.2) is 42.0 Å². The summed E-state index contributed by atoms with van der Waals surface area (Å²) in [6.07, 6.45) is 0. The van der Waals surface area contributed by atoms with E-state index in [0.29, 0.717) is 12.1 Å². The molecule has 0 fully saturated rings. The van der Waals surface area contributed by atoms with Crippen molar-refractivity contribution in [3.05, 3.63) is 40.9 Å². The van der Waals surface area contributed by atoms with Crippen LogP contribution >= 0.6 is 11.3 Å². The maximum atomic E-state index is 12.3. The summed E-state index contributed by atoms with van der Waals surface area (Å²) >= 11 is 1.65. The number of hydrogen-bond donors (Lipinski definition) is 1. The van der Waals surface area contributed by atoms with Crippen LogP contribution in [0.3, 0.4) is 0 Å². The van der Waals surface area contributed by atoms with Crippen molar-refractivity contribution in [3.63, 3.8) is 0 Å². The number of likely N-dealkylation sites (N-methyl/N-ethyl adjacent to an activating group) is 1. The Labute approximate surface area is 136 Å². The predicted octanol–water partition coefficient (Wildman–Crippen LogP) is 3.19. The second-order valence-electron chi connectivity index (χ2n) is 5.09. The molecule has 2 aromatic heterocycles. The van der Waals surface area contributed by atoms with Crippen LogP contribution in [-0.2, 0) is 0 Å². The Hall–Kier alpha value is -1.72. The van der Waals surface area contributed by atoms with Crippen molar-refractivity contribution in [2.24, 2.45) is 0 Å². The van der Waals surface area contributed by atoms with Gasteiger partial charge in [0, 0.05) is 13.1 Å². The number of carbonyl (C=O) groups is 1. The summed E-state index contributed by atoms with van der Waals surface area (Å²) in [4.78, 5) is 20.2. The van der Waals surface area contributed by atoms with Crippen molar-refractivity contribution < 1.29 is 4.79 Å². The lowest BCUT2D eigenvalue weighted by Crippen LogP contribution is -2.35. The van der Waals surface area contributed by atoms with Gasteiger partial charge in [-0.05, 0) is 43.6 Å². The number of hydrogen-bond acceptors (Lipinski definition) is 4. The number of amides is 1. The molecule has 0 saturated heterocycles. The van der Waals surface area contributed by atoms with Crippen LogP contribution < -0.4 is 5.32 Å². The maximum Gasteiger partial charge on any atom is 0.253 e. The van der Waals surface area contributed by atoms with Crippen molar-refractivity contribution in [2.75, 3.05) is 26.2 Å². The number of thiophene rings is 1. The number of aromatic nitrogens is 1. The van der Waals surface area contributed by atoms with Gasteiger partial charge in [-0.15, -0.1) is 11.3 Å². The molecule has 0 atom stereocenters. The first-order valence-electron chi connectivity index (χ1n) is 7.67. The van der Waals surface area contributed by atoms with Crippen LogP contribution in [0.25, 0.3) is 10.6 Å². The summed E-state index contributed by atoms with van der Waals surface area (Å²) < 4.78 is 0. The first-order valence-corrected chi connectivity index (χ1v) is 8.55. The lowest BCUT2D eigenvalue weighted by Gasteiger charge is -2.18. The van der Waals surface area contributed by atoms with Gasteiger partial charge in [-0.3, -0.25) is 9.78 Å². The van der Waals surface area contributed by atoms with Crippen molar-refractivity contribution in [2.45, 2.75) is 20.8 Å². The molecule has 118 valence electrons. The van der Waals surface area contributed by atoms with Gasteiger partial charge in [-0.25, -0.2) is 0 Å². The fraction of sp³-hybridized carbons (Fsp3) is 0.412. The SMILES string of the molecule is CCN(CC)CCNC(=O)c1ccc(-c2cccs2)nc1C. The summed E-state index contributed by atoms with van der Waals surface area (Å²) in [5, 5.41) is 5.00. The average Bonchev–Trinajstić information content (AvgIpc) is 3.05. The van der Waals surface area contributed by atoms with E-state index in [1.807, 2.05) is 36.6 Å². The van der Waals surface area contributed by atoms with Crippen LogP contribution in [0.2, 0.25) is 0 Å². The lowest BCUT2D eigenvalue weighted by molar-refractivity contribution is 0.0948. The van der Waals surface area contributed by atoms with Gasteiger partial charge in [-0.1, -0.05) is 19.9 Å².